The molecule has 4 rings (SSSR count). The highest BCUT2D eigenvalue weighted by atomic mass is 16.4. The molecule has 132 heavy (non-hydrogen) atoms. The number of phenols is 1. The Hall–Kier alpha value is -13.2. The zero-order valence-electron chi connectivity index (χ0n) is 75.7. The van der Waals surface area contributed by atoms with Crippen LogP contribution >= 0.6 is 0 Å². The molecule has 16 amide bonds. The van der Waals surface area contributed by atoms with Gasteiger partial charge in [0.15, 0.2) is 0 Å². The van der Waals surface area contributed by atoms with Crippen molar-refractivity contribution in [2.45, 2.75) is 275 Å². The number of unbranched alkanes of at least 4 members (excludes halogenated alkanes) is 2. The average Bonchev–Trinajstić information content (AvgIpc) is 1.55. The average molecular weight is 1860 g/mol. The Kier molecular flexibility index (Phi) is 47.4. The van der Waals surface area contributed by atoms with Crippen LogP contribution in [0, 0.1) is 23.7 Å². The highest BCUT2D eigenvalue weighted by molar-refractivity contribution is 6.02. The molecule has 0 radical (unpaired) electrons. The predicted octanol–water partition coefficient (Wildman–Crippen LogP) is -4.24. The number of carboxylic acid groups (broad SMARTS) is 3. The number of aliphatic carboxylic acids is 3. The second-order valence-corrected chi connectivity index (χ2v) is 34.1. The van der Waals surface area contributed by atoms with Crippen LogP contribution in [0.15, 0.2) is 67.3 Å². The number of fused-ring (bicyclic) bond motifs is 1. The number of aromatic amines is 2. The summed E-state index contributed by atoms with van der Waals surface area (Å²) in [7, 11) is 0. The van der Waals surface area contributed by atoms with Crippen molar-refractivity contribution < 1.29 is 117 Å². The summed E-state index contributed by atoms with van der Waals surface area (Å²) >= 11 is 0. The molecule has 0 spiro atoms. The number of nitrogens with one attached hydrogen (secondary N) is 16. The van der Waals surface area contributed by atoms with Crippen LogP contribution in [0.5, 0.6) is 5.75 Å². The molecule has 0 fully saturated rings. The number of carbonyl (C=O) groups is 19. The van der Waals surface area contributed by atoms with Crippen molar-refractivity contribution in [3.05, 3.63) is 84.1 Å². The van der Waals surface area contributed by atoms with Crippen molar-refractivity contribution in [3.8, 4) is 5.75 Å². The fourth-order valence-corrected chi connectivity index (χ4v) is 13.9. The van der Waals surface area contributed by atoms with E-state index in [2.05, 4.69) is 89.4 Å². The van der Waals surface area contributed by atoms with Gasteiger partial charge in [0.25, 0.3) is 0 Å². The minimum atomic E-state index is -1.88. The first-order chi connectivity index (χ1) is 62.2. The zero-order chi connectivity index (χ0) is 98.8. The van der Waals surface area contributed by atoms with Gasteiger partial charge in [0.1, 0.15) is 90.3 Å². The maximum atomic E-state index is 14.8. The number of para-hydroxylation sites is 1. The molecule has 31 N–H and O–H groups in total. The van der Waals surface area contributed by atoms with E-state index in [1.807, 2.05) is 0 Å². The number of amides is 16. The predicted molar refractivity (Wildman–Crippen MR) is 476 cm³/mol. The molecule has 730 valence electrons. The summed E-state index contributed by atoms with van der Waals surface area (Å²) < 4.78 is 0. The number of aromatic hydroxyl groups is 1. The number of aliphatic hydroxyl groups is 1. The van der Waals surface area contributed by atoms with Gasteiger partial charge in [0.05, 0.1) is 37.5 Å². The number of imidazole rings is 1. The normalized spacial score (nSPS) is 14.7. The SMILES string of the molecule is CC(C)C[C@H](NC(=O)[C@H](Cc1c[nH]c2ccccc12)NC(=O)[C@H](CCCCN)NC(=O)[C@H](CC(N)=O)NC(=O)[C@H](C)NC(=O)[C@H](CCCCN)NC(=O)[C@H](CCC(=O)O)NC(=O)[C@H](CC(C)C)NC(=O)[C@H](Cc1ccc(O)cc1)NC(=O)[C@H](CO)NC(=O)[C@H](CC(C)C)NC(=O)[C@H](CC(C)C)NC(=O)[C@H](CCC(=O)O)NC(=O)[C@@H](N)Cc1c[nH]cn1)C(=O)N[C@@H](CC(N)=O)C(=O)O. The van der Waals surface area contributed by atoms with E-state index in [4.69, 9.17) is 28.7 Å². The summed E-state index contributed by atoms with van der Waals surface area (Å²) in [6.07, 6.45) is -0.341. The number of aromatic nitrogens is 3. The molecule has 4 aromatic rings. The first-order valence-electron chi connectivity index (χ1n) is 43.8. The molecule has 46 nitrogen and oxygen atoms in total. The number of benzene rings is 2. The minimum absolute atomic E-state index is 0.0545. The zero-order valence-corrected chi connectivity index (χ0v) is 75.7. The highest BCUT2D eigenvalue weighted by Crippen LogP contribution is 2.22. The smallest absolute Gasteiger partial charge is 0.326 e. The van der Waals surface area contributed by atoms with E-state index in [0.717, 1.165) is 6.92 Å². The summed E-state index contributed by atoms with van der Waals surface area (Å²) in [6.45, 7) is 13.8. The van der Waals surface area contributed by atoms with Crippen LogP contribution in [0.2, 0.25) is 0 Å². The number of carbonyl (C=O) groups excluding carboxylic acids is 16. The molecule has 2 aromatic carbocycles. The lowest BCUT2D eigenvalue weighted by atomic mass is 9.99. The molecule has 2 aromatic heterocycles. The number of hydrogen-bond donors (Lipinski definition) is 26. The van der Waals surface area contributed by atoms with E-state index in [1.165, 1.54) is 36.8 Å². The third-order valence-corrected chi connectivity index (χ3v) is 20.8. The molecule has 0 aliphatic heterocycles. The fourth-order valence-electron chi connectivity index (χ4n) is 13.9. The quantitative estimate of drug-likeness (QED) is 0.0186. The van der Waals surface area contributed by atoms with Gasteiger partial charge in [-0.15, -0.1) is 0 Å². The molecule has 0 unspecified atom stereocenters. The van der Waals surface area contributed by atoms with E-state index in [-0.39, 0.29) is 107 Å². The standard InChI is InChI=1S/C86H132N22O24/c1-43(2)30-59(103-82(127)63(34-48-20-22-51(110)23-21-48)105-85(130)67(41-109)108-81(126)62(33-46(7)8)102-79(124)60(31-44(3)4)101-77(122)57(24-26-70(113)114)96-73(118)53(89)36-50-40-92-42-94-50)78(123)99-58(25-27-71(115)116)76(121)97-55(18-12-14-28-87)74(119)95-47(9)72(117)100-65(37-68(90)111)84(129)98-56(19-13-15-29-88)75(120)106-64(35-49-39-93-54-17-11-10-16-52(49)54)83(128)104-61(32-45(5)6)80(125)107-66(86(131)132)38-69(91)112/h10-11,16-17,20-23,39-40,42-47,53,55-67,93,109-110H,12-15,18-19,24-38,41,87-89H2,1-9H3,(H2,90,111)(H2,91,112)(H,92,94)(H,95,119)(H,96,118)(H,97,121)(H,98,129)(H,99,123)(H,100,117)(H,101,122)(H,102,124)(H,103,127)(H,104,128)(H,105,130)(H,106,120)(H,107,125)(H,108,126)(H,113,114)(H,115,116)(H,131,132)/t47-,53-,55-,56-,57-,58-,59-,60-,61-,62-,63-,64-,65-,66-,67-/m0/s1. The molecule has 15 atom stereocenters. The van der Waals surface area contributed by atoms with Gasteiger partial charge < -0.3 is 139 Å². The van der Waals surface area contributed by atoms with E-state index in [1.54, 1.807) is 85.9 Å². The Morgan fingerprint density at radius 2 is 0.727 bits per heavy atom. The van der Waals surface area contributed by atoms with E-state index in [9.17, 15) is 117 Å². The van der Waals surface area contributed by atoms with Gasteiger partial charge in [0.2, 0.25) is 94.5 Å². The van der Waals surface area contributed by atoms with Crippen molar-refractivity contribution in [2.24, 2.45) is 52.3 Å². The number of nitrogens with two attached hydrogens (primary N) is 5. The van der Waals surface area contributed by atoms with Crippen molar-refractivity contribution in [1.82, 2.24) is 89.4 Å². The number of rotatable bonds is 62. The van der Waals surface area contributed by atoms with Crippen LogP contribution in [0.1, 0.15) is 182 Å². The topological polar surface area (TPSA) is 768 Å². The maximum Gasteiger partial charge on any atom is 0.326 e. The summed E-state index contributed by atoms with van der Waals surface area (Å²) in [6, 6.07) is -11.9. The van der Waals surface area contributed by atoms with E-state index < -0.39 is 261 Å². The van der Waals surface area contributed by atoms with Crippen LogP contribution in [0.4, 0.5) is 0 Å². The summed E-state index contributed by atoms with van der Waals surface area (Å²) in [5.41, 5.74) is 30.5. The monoisotopic (exact) mass is 1860 g/mol. The summed E-state index contributed by atoms with van der Waals surface area (Å²) in [4.78, 5) is 271. The lowest BCUT2D eigenvalue weighted by Gasteiger charge is -2.29. The van der Waals surface area contributed by atoms with Gasteiger partial charge in [-0.05, 0) is 150 Å². The van der Waals surface area contributed by atoms with E-state index in [0.29, 0.717) is 34.1 Å². The molecule has 0 bridgehead atoms. The molecule has 46 heteroatoms. The summed E-state index contributed by atoms with van der Waals surface area (Å²) in [5, 5.41) is 85.7. The lowest BCUT2D eigenvalue weighted by molar-refractivity contribution is -0.144. The van der Waals surface area contributed by atoms with Gasteiger partial charge in [-0.2, -0.15) is 0 Å². The minimum Gasteiger partial charge on any atom is -0.508 e. The van der Waals surface area contributed by atoms with Crippen molar-refractivity contribution in [1.29, 1.82) is 0 Å². The molecule has 0 saturated carbocycles. The van der Waals surface area contributed by atoms with E-state index >= 15 is 0 Å². The molecular formula is C86H132N22O24. The first-order valence-corrected chi connectivity index (χ1v) is 43.8. The first kappa shape index (κ1) is 111. The Bertz CT molecular complexity index is 4560. The van der Waals surface area contributed by atoms with Crippen LogP contribution in [-0.2, 0) is 110 Å². The Morgan fingerprint density at radius 3 is 1.13 bits per heavy atom. The number of carboxylic acids is 3. The third-order valence-electron chi connectivity index (χ3n) is 20.8. The maximum absolute atomic E-state index is 14.8. The van der Waals surface area contributed by atoms with Gasteiger partial charge in [-0.25, -0.2) is 9.78 Å². The van der Waals surface area contributed by atoms with Crippen molar-refractivity contribution in [3.63, 3.8) is 0 Å². The van der Waals surface area contributed by atoms with Gasteiger partial charge in [-0.3, -0.25) is 86.3 Å². The van der Waals surface area contributed by atoms with Gasteiger partial charge in [0, 0.05) is 55.4 Å². The molecule has 0 saturated heterocycles. The summed E-state index contributed by atoms with van der Waals surface area (Å²) in [5.74, 6) is -22.7. The Labute approximate surface area is 762 Å². The second kappa shape index (κ2) is 56.4. The number of H-pyrrole nitrogens is 2. The lowest BCUT2D eigenvalue weighted by Crippen LogP contribution is -2.61. The van der Waals surface area contributed by atoms with Crippen LogP contribution in [0.25, 0.3) is 10.9 Å². The molecule has 0 aliphatic rings. The molecule has 2 heterocycles. The number of nitrogens with zero attached hydrogens (tertiary/aromatic N) is 1. The van der Waals surface area contributed by atoms with Crippen molar-refractivity contribution >= 4 is 123 Å². The molecule has 0 aliphatic carbocycles. The van der Waals surface area contributed by atoms with Crippen LogP contribution < -0.4 is 103 Å². The largest absolute Gasteiger partial charge is 0.508 e. The van der Waals surface area contributed by atoms with Crippen LogP contribution in [-0.4, -0.2) is 263 Å². The van der Waals surface area contributed by atoms with Gasteiger partial charge >= 0.3 is 17.9 Å². The number of hydrogen-bond acceptors (Lipinski definition) is 25. The Balaban J connectivity index is 1.60. The number of phenolic OH excluding ortho intramolecular Hbond substituents is 1. The number of aliphatic hydroxyl groups excluding tert-OH is 1. The Morgan fingerprint density at radius 1 is 0.379 bits per heavy atom. The molecular weight excluding hydrogens is 1730 g/mol. The van der Waals surface area contributed by atoms with Gasteiger partial charge in [-0.1, -0.05) is 85.7 Å². The second-order valence-electron chi connectivity index (χ2n) is 34.1. The van der Waals surface area contributed by atoms with Crippen molar-refractivity contribution in [2.75, 3.05) is 19.7 Å². The number of primary amides is 2. The fraction of sp³-hybridized carbons (Fsp3) is 0.581. The van der Waals surface area contributed by atoms with Crippen LogP contribution in [0.3, 0.4) is 0 Å². The third kappa shape index (κ3) is 40.0. The highest BCUT2D eigenvalue weighted by Gasteiger charge is 2.40.